The third kappa shape index (κ3) is 6.01. The summed E-state index contributed by atoms with van der Waals surface area (Å²) in [6.07, 6.45) is 0.729. The molecule has 4 heterocycles. The Morgan fingerprint density at radius 1 is 1.07 bits per heavy atom. The van der Waals surface area contributed by atoms with Gasteiger partial charge in [0, 0.05) is 43.6 Å². The van der Waals surface area contributed by atoms with E-state index in [1.165, 1.54) is 4.80 Å². The van der Waals surface area contributed by atoms with Gasteiger partial charge in [-0.05, 0) is 47.5 Å². The van der Waals surface area contributed by atoms with Crippen LogP contribution in [0, 0.1) is 5.92 Å². The Morgan fingerprint density at radius 2 is 1.87 bits per heavy atom. The number of benzene rings is 2. The van der Waals surface area contributed by atoms with Gasteiger partial charge < -0.3 is 19.7 Å². The molecule has 0 bridgehead atoms. The number of piperazine rings is 1. The van der Waals surface area contributed by atoms with Gasteiger partial charge in [0.2, 0.25) is 11.8 Å². The lowest BCUT2D eigenvalue weighted by atomic mass is 10.0. The number of aliphatic hydroxyl groups is 1. The number of pyridine rings is 1. The molecule has 2 amide bonds. The van der Waals surface area contributed by atoms with Crippen molar-refractivity contribution in [1.82, 2.24) is 40.0 Å². The summed E-state index contributed by atoms with van der Waals surface area (Å²) in [7, 11) is 0. The fourth-order valence-corrected chi connectivity index (χ4v) is 5.53. The third-order valence-corrected chi connectivity index (χ3v) is 8.03. The molecule has 45 heavy (non-hydrogen) atoms. The number of alkyl halides is 1. The quantitative estimate of drug-likeness (QED) is 0.254. The van der Waals surface area contributed by atoms with E-state index in [0.717, 1.165) is 5.56 Å². The molecule has 5 aromatic rings. The summed E-state index contributed by atoms with van der Waals surface area (Å²) >= 11 is 0. The van der Waals surface area contributed by atoms with Gasteiger partial charge >= 0.3 is 0 Å². The van der Waals surface area contributed by atoms with E-state index < -0.39 is 12.1 Å². The van der Waals surface area contributed by atoms with Crippen LogP contribution in [0.1, 0.15) is 34.3 Å². The van der Waals surface area contributed by atoms with E-state index in [2.05, 4.69) is 35.6 Å². The Bertz CT molecular complexity index is 1840. The second-order valence-corrected chi connectivity index (χ2v) is 11.1. The van der Waals surface area contributed by atoms with E-state index in [-0.39, 0.29) is 43.1 Å². The number of carbonyl (C=O) groups is 2. The molecule has 2 aromatic carbocycles. The van der Waals surface area contributed by atoms with Crippen molar-refractivity contribution < 1.29 is 23.5 Å². The molecule has 0 spiro atoms. The number of nitrogens with one attached hydrogen (secondary N) is 1. The number of aliphatic hydroxyl groups excluding tert-OH is 1. The van der Waals surface area contributed by atoms with Gasteiger partial charge in [-0.1, -0.05) is 30.3 Å². The molecule has 0 radical (unpaired) electrons. The van der Waals surface area contributed by atoms with Crippen LogP contribution >= 0.6 is 0 Å². The molecular weight excluding hydrogens is 581 g/mol. The van der Waals surface area contributed by atoms with Gasteiger partial charge in [0.15, 0.2) is 11.4 Å². The number of anilines is 1. The van der Waals surface area contributed by atoms with E-state index in [9.17, 15) is 19.1 Å². The zero-order chi connectivity index (χ0) is 30.9. The number of halogens is 1. The number of oxazole rings is 1. The number of carbonyl (C=O) groups excluding carboxylic acids is 2. The van der Waals surface area contributed by atoms with Crippen molar-refractivity contribution in [3.05, 3.63) is 83.9 Å². The van der Waals surface area contributed by atoms with Crippen LogP contribution in [0.4, 0.5) is 10.1 Å². The predicted octanol–water partition coefficient (Wildman–Crippen LogP) is 2.71. The van der Waals surface area contributed by atoms with Gasteiger partial charge in [-0.15, -0.1) is 10.2 Å². The van der Waals surface area contributed by atoms with Gasteiger partial charge in [-0.25, -0.2) is 9.37 Å². The zero-order valence-electron chi connectivity index (χ0n) is 24.2. The molecule has 1 saturated carbocycles. The summed E-state index contributed by atoms with van der Waals surface area (Å²) < 4.78 is 19.2. The lowest BCUT2D eigenvalue weighted by molar-refractivity contribution is -0.117. The molecule has 230 valence electrons. The third-order valence-electron chi connectivity index (χ3n) is 8.03. The number of amides is 2. The SMILES string of the molecule is O=C(Nc1ccc2oc(-c3ccnc(C(=O)N4CCN([C@@H](c5ccccc5)c5nnn(CCO)n5)CC4)c3)nc2c1)[C@@H]1C[C@@H]1F. The van der Waals surface area contributed by atoms with Crippen molar-refractivity contribution in [2.24, 2.45) is 5.92 Å². The average molecular weight is 612 g/mol. The molecule has 14 heteroatoms. The van der Waals surface area contributed by atoms with E-state index in [0.29, 0.717) is 60.2 Å². The van der Waals surface area contributed by atoms with E-state index in [1.54, 1.807) is 41.4 Å². The van der Waals surface area contributed by atoms with E-state index in [1.807, 2.05) is 30.3 Å². The molecule has 1 aliphatic carbocycles. The summed E-state index contributed by atoms with van der Waals surface area (Å²) in [6, 6.07) is 18.1. The molecule has 2 aliphatic rings. The highest BCUT2D eigenvalue weighted by Crippen LogP contribution is 2.35. The topological polar surface area (TPSA) is 155 Å². The maximum absolute atomic E-state index is 13.5. The largest absolute Gasteiger partial charge is 0.436 e. The first-order chi connectivity index (χ1) is 22.0. The first-order valence-corrected chi connectivity index (χ1v) is 14.8. The maximum atomic E-state index is 13.5. The van der Waals surface area contributed by atoms with Crippen LogP contribution in [-0.2, 0) is 11.3 Å². The molecule has 1 saturated heterocycles. The van der Waals surface area contributed by atoms with Gasteiger partial charge in [0.1, 0.15) is 17.4 Å². The van der Waals surface area contributed by atoms with Crippen LogP contribution < -0.4 is 5.32 Å². The van der Waals surface area contributed by atoms with Crippen LogP contribution in [0.3, 0.4) is 0 Å². The summed E-state index contributed by atoms with van der Waals surface area (Å²) in [4.78, 5) is 39.9. The summed E-state index contributed by atoms with van der Waals surface area (Å²) in [5, 5.41) is 24.8. The van der Waals surface area contributed by atoms with Crippen molar-refractivity contribution in [3.63, 3.8) is 0 Å². The fraction of sp³-hybridized carbons (Fsp3) is 0.323. The minimum absolute atomic E-state index is 0.0852. The normalized spacial score (nSPS) is 19.0. The van der Waals surface area contributed by atoms with Crippen molar-refractivity contribution in [2.45, 2.75) is 25.2 Å². The van der Waals surface area contributed by atoms with Crippen LogP contribution in [0.15, 0.2) is 71.3 Å². The molecule has 7 rings (SSSR count). The molecule has 13 nitrogen and oxygen atoms in total. The van der Waals surface area contributed by atoms with Crippen LogP contribution in [0.5, 0.6) is 0 Å². The standard InChI is InChI=1S/C31H30FN9O4/c32-23-18-22(23)29(43)34-21-6-7-26-24(17-21)35-30(45-26)20-8-9-33-25(16-20)31(44)40-12-10-39(11-13-40)27(19-4-2-1-3-5-19)28-36-38-41(37-28)14-15-42/h1-9,16-17,22-23,27,42H,10-15,18H2,(H,34,43)/t22-,23+,27+/m1/s1. The molecule has 1 aliphatic heterocycles. The molecular formula is C31H30FN9O4. The van der Waals surface area contributed by atoms with Gasteiger partial charge in [-0.3, -0.25) is 19.5 Å². The summed E-state index contributed by atoms with van der Waals surface area (Å²) in [6.45, 7) is 2.28. The number of aromatic nitrogens is 6. The van der Waals surface area contributed by atoms with Crippen molar-refractivity contribution in [2.75, 3.05) is 38.1 Å². The van der Waals surface area contributed by atoms with Crippen LogP contribution in [-0.4, -0.2) is 95.9 Å². The van der Waals surface area contributed by atoms with Gasteiger partial charge in [0.25, 0.3) is 5.91 Å². The lowest BCUT2D eigenvalue weighted by Crippen LogP contribution is -2.50. The second-order valence-electron chi connectivity index (χ2n) is 11.1. The van der Waals surface area contributed by atoms with Crippen LogP contribution in [0.2, 0.25) is 0 Å². The Morgan fingerprint density at radius 3 is 2.62 bits per heavy atom. The zero-order valence-corrected chi connectivity index (χ0v) is 24.2. The van der Waals surface area contributed by atoms with Crippen LogP contribution in [0.25, 0.3) is 22.6 Å². The van der Waals surface area contributed by atoms with Gasteiger partial charge in [-0.2, -0.15) is 4.80 Å². The number of rotatable bonds is 9. The van der Waals surface area contributed by atoms with E-state index >= 15 is 0 Å². The molecule has 3 atom stereocenters. The minimum Gasteiger partial charge on any atom is -0.436 e. The average Bonchev–Trinajstić information content (AvgIpc) is 3.41. The summed E-state index contributed by atoms with van der Waals surface area (Å²) in [5.74, 6) is -0.291. The lowest BCUT2D eigenvalue weighted by Gasteiger charge is -2.38. The highest BCUT2D eigenvalue weighted by molar-refractivity contribution is 5.96. The number of tetrazole rings is 1. The highest BCUT2D eigenvalue weighted by atomic mass is 19.1. The second kappa shape index (κ2) is 12.1. The van der Waals surface area contributed by atoms with Crippen molar-refractivity contribution >= 4 is 28.6 Å². The predicted molar refractivity (Wildman–Crippen MR) is 160 cm³/mol. The molecule has 0 unspecified atom stereocenters. The Labute approximate surface area is 256 Å². The van der Waals surface area contributed by atoms with Crippen molar-refractivity contribution in [3.8, 4) is 11.5 Å². The minimum atomic E-state index is -1.07. The highest BCUT2D eigenvalue weighted by Gasteiger charge is 2.43. The Balaban J connectivity index is 1.04. The smallest absolute Gasteiger partial charge is 0.272 e. The Kier molecular flexibility index (Phi) is 7.73. The van der Waals surface area contributed by atoms with Gasteiger partial charge in [0.05, 0.1) is 25.1 Å². The maximum Gasteiger partial charge on any atom is 0.272 e. The number of fused-ring (bicyclic) bond motifs is 1. The fourth-order valence-electron chi connectivity index (χ4n) is 5.53. The summed E-state index contributed by atoms with van der Waals surface area (Å²) in [5.41, 5.74) is 3.42. The molecule has 2 fully saturated rings. The molecule has 2 N–H and O–H groups in total. The van der Waals surface area contributed by atoms with Crippen molar-refractivity contribution in [1.29, 1.82) is 0 Å². The number of nitrogens with zero attached hydrogens (tertiary/aromatic N) is 8. The molecule has 3 aromatic heterocycles. The monoisotopic (exact) mass is 611 g/mol. The van der Waals surface area contributed by atoms with E-state index in [4.69, 9.17) is 4.42 Å². The first kappa shape index (κ1) is 28.7. The number of hydrogen-bond acceptors (Lipinski definition) is 10. The first-order valence-electron chi connectivity index (χ1n) is 14.8. The Hall–Kier alpha value is -5.08. The number of hydrogen-bond donors (Lipinski definition) is 2.